The van der Waals surface area contributed by atoms with Crippen LogP contribution in [-0.4, -0.2) is 15.0 Å². The highest BCUT2D eigenvalue weighted by Crippen LogP contribution is 2.17. The Balaban J connectivity index is 2.51. The first-order valence-electron chi connectivity index (χ1n) is 4.55. The van der Waals surface area contributed by atoms with E-state index in [9.17, 15) is 8.78 Å². The number of aryl methyl sites for hydroxylation is 1. The summed E-state index contributed by atoms with van der Waals surface area (Å²) in [6.45, 7) is 1.49. The summed E-state index contributed by atoms with van der Waals surface area (Å²) in [4.78, 5) is 0. The number of halogens is 3. The van der Waals surface area contributed by atoms with Crippen LogP contribution in [0.15, 0.2) is 18.3 Å². The molecule has 0 N–H and O–H groups in total. The van der Waals surface area contributed by atoms with Crippen molar-refractivity contribution in [2.24, 2.45) is 0 Å². The van der Waals surface area contributed by atoms with Gasteiger partial charge in [0.2, 0.25) is 0 Å². The molecule has 0 saturated carbocycles. The normalized spacial score (nSPS) is 10.8. The Morgan fingerprint density at radius 3 is 2.69 bits per heavy atom. The molecule has 0 unspecified atom stereocenters. The number of aromatic nitrogens is 3. The van der Waals surface area contributed by atoms with Gasteiger partial charge in [-0.3, -0.25) is 0 Å². The van der Waals surface area contributed by atoms with Crippen LogP contribution in [-0.2, 0) is 5.88 Å². The first-order valence-corrected chi connectivity index (χ1v) is 5.08. The topological polar surface area (TPSA) is 30.7 Å². The van der Waals surface area contributed by atoms with E-state index in [1.54, 1.807) is 0 Å². The lowest BCUT2D eigenvalue weighted by Crippen LogP contribution is -2.00. The number of benzene rings is 1. The number of hydrogen-bond acceptors (Lipinski definition) is 2. The molecule has 0 fully saturated rings. The Hall–Kier alpha value is -1.49. The van der Waals surface area contributed by atoms with Crippen molar-refractivity contribution in [1.29, 1.82) is 0 Å². The van der Waals surface area contributed by atoms with E-state index in [1.165, 1.54) is 13.1 Å². The van der Waals surface area contributed by atoms with Gasteiger partial charge in [0, 0.05) is 6.07 Å². The largest absolute Gasteiger partial charge is 0.217 e. The Labute approximate surface area is 95.6 Å². The molecular formula is C10H8ClF2N3. The first-order chi connectivity index (χ1) is 7.61. The highest BCUT2D eigenvalue weighted by Gasteiger charge is 2.10. The van der Waals surface area contributed by atoms with Gasteiger partial charge in [-0.1, -0.05) is 5.21 Å². The monoisotopic (exact) mass is 243 g/mol. The van der Waals surface area contributed by atoms with E-state index in [0.717, 1.165) is 16.8 Å². The number of hydrogen-bond donors (Lipinski definition) is 0. The lowest BCUT2D eigenvalue weighted by atomic mass is 10.2. The van der Waals surface area contributed by atoms with Gasteiger partial charge in [-0.15, -0.1) is 16.7 Å². The van der Waals surface area contributed by atoms with Gasteiger partial charge in [-0.05, 0) is 18.6 Å². The molecule has 0 radical (unpaired) electrons. The van der Waals surface area contributed by atoms with E-state index < -0.39 is 11.6 Å². The third-order valence-corrected chi connectivity index (χ3v) is 2.43. The molecule has 0 aliphatic rings. The zero-order chi connectivity index (χ0) is 11.7. The molecule has 1 heterocycles. The average Bonchev–Trinajstić information content (AvgIpc) is 2.71. The molecule has 0 aliphatic heterocycles. The van der Waals surface area contributed by atoms with Crippen molar-refractivity contribution in [1.82, 2.24) is 15.0 Å². The summed E-state index contributed by atoms with van der Waals surface area (Å²) in [5.41, 5.74) is 0.771. The summed E-state index contributed by atoms with van der Waals surface area (Å²) in [7, 11) is 0. The molecule has 84 valence electrons. The molecule has 3 nitrogen and oxygen atoms in total. The molecule has 1 aromatic heterocycles. The minimum absolute atomic E-state index is 0.0203. The molecule has 2 rings (SSSR count). The maximum absolute atomic E-state index is 13.5. The van der Waals surface area contributed by atoms with Crippen LogP contribution in [0.2, 0.25) is 0 Å². The highest BCUT2D eigenvalue weighted by molar-refractivity contribution is 6.16. The first kappa shape index (κ1) is 11.0. The van der Waals surface area contributed by atoms with Crippen LogP contribution in [0.1, 0.15) is 11.3 Å². The van der Waals surface area contributed by atoms with Crippen LogP contribution in [0.3, 0.4) is 0 Å². The second-order valence-electron chi connectivity index (χ2n) is 3.34. The SMILES string of the molecule is Cc1cc(F)c(-n2cc(CCl)nn2)cc1F. The summed E-state index contributed by atoms with van der Waals surface area (Å²) in [5.74, 6) is -0.861. The molecule has 16 heavy (non-hydrogen) atoms. The van der Waals surface area contributed by atoms with Crippen molar-refractivity contribution >= 4 is 11.6 Å². The van der Waals surface area contributed by atoms with Crippen LogP contribution < -0.4 is 0 Å². The Morgan fingerprint density at radius 2 is 2.06 bits per heavy atom. The van der Waals surface area contributed by atoms with Crippen molar-refractivity contribution in [3.8, 4) is 5.69 Å². The summed E-state index contributed by atoms with van der Waals surface area (Å²) in [5, 5.41) is 7.36. The lowest BCUT2D eigenvalue weighted by Gasteiger charge is -2.04. The third kappa shape index (κ3) is 1.90. The minimum atomic E-state index is -0.551. The zero-order valence-corrected chi connectivity index (χ0v) is 9.17. The summed E-state index contributed by atoms with van der Waals surface area (Å²) >= 11 is 5.54. The minimum Gasteiger partial charge on any atom is -0.217 e. The van der Waals surface area contributed by atoms with Gasteiger partial charge in [0.25, 0.3) is 0 Å². The summed E-state index contributed by atoms with van der Waals surface area (Å²) in [6.07, 6.45) is 1.46. The van der Waals surface area contributed by atoms with E-state index in [-0.39, 0.29) is 17.1 Å². The second kappa shape index (κ2) is 4.17. The van der Waals surface area contributed by atoms with Crippen molar-refractivity contribution in [2.75, 3.05) is 0 Å². The van der Waals surface area contributed by atoms with Gasteiger partial charge in [-0.25, -0.2) is 13.5 Å². The van der Waals surface area contributed by atoms with Crippen LogP contribution in [0.25, 0.3) is 5.69 Å². The molecule has 6 heteroatoms. The Kier molecular flexibility index (Phi) is 2.87. The summed E-state index contributed by atoms with van der Waals surface area (Å²) < 4.78 is 28.0. The van der Waals surface area contributed by atoms with Crippen LogP contribution in [0.4, 0.5) is 8.78 Å². The standard InChI is InChI=1S/C10H8ClF2N3/c1-6-2-9(13)10(3-8(6)12)16-5-7(4-11)14-15-16/h2-3,5H,4H2,1H3. The fourth-order valence-electron chi connectivity index (χ4n) is 1.29. The van der Waals surface area contributed by atoms with E-state index in [1.807, 2.05) is 0 Å². The Bertz CT molecular complexity index is 525. The molecule has 0 saturated heterocycles. The van der Waals surface area contributed by atoms with Crippen molar-refractivity contribution < 1.29 is 8.78 Å². The van der Waals surface area contributed by atoms with Crippen molar-refractivity contribution in [3.05, 3.63) is 41.2 Å². The number of nitrogens with zero attached hydrogens (tertiary/aromatic N) is 3. The molecule has 0 aliphatic carbocycles. The molecule has 0 atom stereocenters. The van der Waals surface area contributed by atoms with Gasteiger partial charge in [0.1, 0.15) is 17.3 Å². The van der Waals surface area contributed by atoms with E-state index in [2.05, 4.69) is 10.3 Å². The van der Waals surface area contributed by atoms with Gasteiger partial charge in [0.15, 0.2) is 0 Å². The predicted octanol–water partition coefficient (Wildman–Crippen LogP) is 2.59. The van der Waals surface area contributed by atoms with E-state index in [4.69, 9.17) is 11.6 Å². The fraction of sp³-hybridized carbons (Fsp3) is 0.200. The summed E-state index contributed by atoms with van der Waals surface area (Å²) in [6, 6.07) is 2.20. The van der Waals surface area contributed by atoms with E-state index >= 15 is 0 Å². The highest BCUT2D eigenvalue weighted by atomic mass is 35.5. The lowest BCUT2D eigenvalue weighted by molar-refractivity contribution is 0.578. The fourth-order valence-corrected chi connectivity index (χ4v) is 1.41. The molecule has 0 bridgehead atoms. The molecule has 2 aromatic rings. The van der Waals surface area contributed by atoms with Crippen molar-refractivity contribution in [3.63, 3.8) is 0 Å². The van der Waals surface area contributed by atoms with E-state index in [0.29, 0.717) is 5.69 Å². The van der Waals surface area contributed by atoms with Crippen LogP contribution >= 0.6 is 11.6 Å². The quantitative estimate of drug-likeness (QED) is 0.759. The van der Waals surface area contributed by atoms with Crippen molar-refractivity contribution in [2.45, 2.75) is 12.8 Å². The molecular weight excluding hydrogens is 236 g/mol. The van der Waals surface area contributed by atoms with Crippen LogP contribution in [0, 0.1) is 18.6 Å². The van der Waals surface area contributed by atoms with Gasteiger partial charge in [-0.2, -0.15) is 0 Å². The molecule has 0 amide bonds. The van der Waals surface area contributed by atoms with Gasteiger partial charge >= 0.3 is 0 Å². The maximum atomic E-state index is 13.5. The van der Waals surface area contributed by atoms with Gasteiger partial charge in [0.05, 0.1) is 17.8 Å². The number of rotatable bonds is 2. The molecule has 1 aromatic carbocycles. The third-order valence-electron chi connectivity index (χ3n) is 2.15. The zero-order valence-electron chi connectivity index (χ0n) is 8.41. The van der Waals surface area contributed by atoms with Gasteiger partial charge < -0.3 is 0 Å². The Morgan fingerprint density at radius 1 is 1.31 bits per heavy atom. The van der Waals surface area contributed by atoms with Crippen LogP contribution in [0.5, 0.6) is 0 Å². The smallest absolute Gasteiger partial charge is 0.149 e. The predicted molar refractivity (Wildman–Crippen MR) is 55.6 cm³/mol. The average molecular weight is 244 g/mol. The molecule has 0 spiro atoms. The second-order valence-corrected chi connectivity index (χ2v) is 3.61. The maximum Gasteiger partial charge on any atom is 0.149 e. The number of alkyl halides is 1.